The Balaban J connectivity index is 1.86. The molecule has 0 fully saturated rings. The molecule has 0 saturated heterocycles. The number of thioether (sulfide) groups is 1. The van der Waals surface area contributed by atoms with Crippen molar-refractivity contribution < 1.29 is 19.2 Å². The van der Waals surface area contributed by atoms with Crippen LogP contribution < -0.4 is 5.32 Å². The predicted octanol–water partition coefficient (Wildman–Crippen LogP) is 3.88. The van der Waals surface area contributed by atoms with Crippen LogP contribution >= 0.6 is 11.8 Å². The van der Waals surface area contributed by atoms with E-state index in [0.29, 0.717) is 4.90 Å². The molecule has 0 spiro atoms. The maximum Gasteiger partial charge on any atom is 0.319 e. The third-order valence-corrected chi connectivity index (χ3v) is 5.10. The third-order valence-electron chi connectivity index (χ3n) is 4.01. The normalized spacial score (nSPS) is 13.8. The van der Waals surface area contributed by atoms with E-state index in [1.807, 2.05) is 37.3 Å². The Kier molecular flexibility index (Phi) is 7.57. The van der Waals surface area contributed by atoms with Gasteiger partial charge in [-0.3, -0.25) is 19.7 Å². The van der Waals surface area contributed by atoms with Crippen LogP contribution in [0.2, 0.25) is 0 Å². The molecule has 2 rings (SSSR count). The number of nitrogens with one attached hydrogen (secondary N) is 1. The van der Waals surface area contributed by atoms with Crippen LogP contribution in [0.25, 0.3) is 0 Å². The van der Waals surface area contributed by atoms with Gasteiger partial charge in [0.15, 0.2) is 6.10 Å². The second kappa shape index (κ2) is 9.89. The topological polar surface area (TPSA) is 98.5 Å². The lowest BCUT2D eigenvalue weighted by Crippen LogP contribution is -2.38. The Hall–Kier alpha value is -2.87. The maximum absolute atomic E-state index is 12.3. The average Bonchev–Trinajstić information content (AvgIpc) is 2.68. The van der Waals surface area contributed by atoms with Gasteiger partial charge in [0.2, 0.25) is 0 Å². The summed E-state index contributed by atoms with van der Waals surface area (Å²) in [6, 6.07) is 15.2. The standard InChI is InChI=1S/C20H22N2O5S/c1-13(16-7-5-4-6-8-16)21-19(23)14(2)27-20(24)15(3)28-18-11-9-17(10-12-18)22(25)26/h4-15H,1-3H3,(H,21,23). The summed E-state index contributed by atoms with van der Waals surface area (Å²) in [5.41, 5.74) is 0.939. The van der Waals surface area contributed by atoms with Crippen LogP contribution in [0.4, 0.5) is 5.69 Å². The van der Waals surface area contributed by atoms with Crippen molar-refractivity contribution in [1.29, 1.82) is 0 Å². The van der Waals surface area contributed by atoms with Crippen molar-refractivity contribution in [1.82, 2.24) is 5.32 Å². The zero-order valence-corrected chi connectivity index (χ0v) is 16.6. The first-order valence-corrected chi connectivity index (χ1v) is 9.63. The van der Waals surface area contributed by atoms with E-state index in [-0.39, 0.29) is 17.6 Å². The van der Waals surface area contributed by atoms with Crippen molar-refractivity contribution in [3.8, 4) is 0 Å². The SMILES string of the molecule is CC(OC(=O)C(C)Sc1ccc([N+](=O)[O-])cc1)C(=O)NC(C)c1ccccc1. The Bertz CT molecular complexity index is 826. The third kappa shape index (κ3) is 6.09. The minimum absolute atomic E-state index is 0.0163. The number of nitro groups is 1. The number of non-ortho nitro benzene ring substituents is 1. The molecule has 0 radical (unpaired) electrons. The predicted molar refractivity (Wildman–Crippen MR) is 107 cm³/mol. The van der Waals surface area contributed by atoms with Crippen molar-refractivity contribution in [2.45, 2.75) is 43.1 Å². The van der Waals surface area contributed by atoms with Gasteiger partial charge >= 0.3 is 5.97 Å². The Morgan fingerprint density at radius 2 is 1.64 bits per heavy atom. The van der Waals surface area contributed by atoms with Crippen LogP contribution in [0, 0.1) is 10.1 Å². The molecule has 8 heteroatoms. The van der Waals surface area contributed by atoms with Gasteiger partial charge in [-0.1, -0.05) is 30.3 Å². The summed E-state index contributed by atoms with van der Waals surface area (Å²) in [6.07, 6.45) is -0.932. The van der Waals surface area contributed by atoms with Gasteiger partial charge in [0.05, 0.1) is 11.0 Å². The molecule has 7 nitrogen and oxygen atoms in total. The molecule has 28 heavy (non-hydrogen) atoms. The summed E-state index contributed by atoms with van der Waals surface area (Å²) in [5, 5.41) is 12.9. The molecule has 0 aliphatic carbocycles. The van der Waals surface area contributed by atoms with Crippen LogP contribution in [0.1, 0.15) is 32.4 Å². The van der Waals surface area contributed by atoms with Gasteiger partial charge < -0.3 is 10.1 Å². The fourth-order valence-corrected chi connectivity index (χ4v) is 3.23. The molecule has 2 aromatic rings. The van der Waals surface area contributed by atoms with Gasteiger partial charge in [-0.2, -0.15) is 0 Å². The summed E-state index contributed by atoms with van der Waals surface area (Å²) in [7, 11) is 0. The summed E-state index contributed by atoms with van der Waals surface area (Å²) < 4.78 is 5.26. The number of nitro benzene ring substituents is 1. The summed E-state index contributed by atoms with van der Waals surface area (Å²) >= 11 is 1.21. The van der Waals surface area contributed by atoms with E-state index in [0.717, 1.165) is 5.56 Å². The van der Waals surface area contributed by atoms with Gasteiger partial charge in [0.25, 0.3) is 11.6 Å². The molecule has 148 valence electrons. The lowest BCUT2D eigenvalue weighted by Gasteiger charge is -2.19. The molecule has 0 saturated carbocycles. The van der Waals surface area contributed by atoms with Crippen LogP contribution in [0.3, 0.4) is 0 Å². The highest BCUT2D eigenvalue weighted by molar-refractivity contribution is 8.00. The number of benzene rings is 2. The van der Waals surface area contributed by atoms with Gasteiger partial charge in [-0.25, -0.2) is 0 Å². The monoisotopic (exact) mass is 402 g/mol. The summed E-state index contributed by atoms with van der Waals surface area (Å²) in [6.45, 7) is 5.04. The van der Waals surface area contributed by atoms with E-state index >= 15 is 0 Å². The molecule has 0 bridgehead atoms. The molecular formula is C20H22N2O5S. The number of hydrogen-bond donors (Lipinski definition) is 1. The molecule has 0 heterocycles. The first kappa shape index (κ1) is 21.4. The number of carbonyl (C=O) groups is 2. The van der Waals surface area contributed by atoms with Crippen molar-refractivity contribution >= 4 is 29.3 Å². The van der Waals surface area contributed by atoms with Gasteiger partial charge in [0.1, 0.15) is 5.25 Å². The van der Waals surface area contributed by atoms with Gasteiger partial charge in [-0.05, 0) is 38.5 Å². The van der Waals surface area contributed by atoms with E-state index in [1.54, 1.807) is 19.1 Å². The molecule has 1 N–H and O–H groups in total. The molecule has 0 aromatic heterocycles. The molecule has 0 aliphatic rings. The lowest BCUT2D eigenvalue weighted by molar-refractivity contribution is -0.384. The highest BCUT2D eigenvalue weighted by atomic mass is 32.2. The van der Waals surface area contributed by atoms with Crippen molar-refractivity contribution in [3.63, 3.8) is 0 Å². The molecule has 3 atom stereocenters. The second-order valence-electron chi connectivity index (χ2n) is 6.23. The lowest BCUT2D eigenvalue weighted by atomic mass is 10.1. The van der Waals surface area contributed by atoms with E-state index < -0.39 is 22.2 Å². The van der Waals surface area contributed by atoms with Crippen LogP contribution in [0.15, 0.2) is 59.5 Å². The van der Waals surface area contributed by atoms with E-state index in [4.69, 9.17) is 4.74 Å². The van der Waals surface area contributed by atoms with E-state index in [9.17, 15) is 19.7 Å². The average molecular weight is 402 g/mol. The Morgan fingerprint density at radius 3 is 2.21 bits per heavy atom. The fourth-order valence-electron chi connectivity index (χ4n) is 2.38. The zero-order valence-electron chi connectivity index (χ0n) is 15.8. The van der Waals surface area contributed by atoms with E-state index in [1.165, 1.54) is 30.8 Å². The first-order chi connectivity index (χ1) is 13.3. The van der Waals surface area contributed by atoms with Crippen molar-refractivity contribution in [2.24, 2.45) is 0 Å². The molecule has 0 aliphatic heterocycles. The number of esters is 1. The summed E-state index contributed by atoms with van der Waals surface area (Å²) in [4.78, 5) is 35.4. The van der Waals surface area contributed by atoms with Gasteiger partial charge in [-0.15, -0.1) is 11.8 Å². The number of hydrogen-bond acceptors (Lipinski definition) is 6. The number of rotatable bonds is 8. The number of carbonyl (C=O) groups excluding carboxylic acids is 2. The smallest absolute Gasteiger partial charge is 0.319 e. The molecule has 1 amide bonds. The van der Waals surface area contributed by atoms with Gasteiger partial charge in [0, 0.05) is 17.0 Å². The van der Waals surface area contributed by atoms with E-state index in [2.05, 4.69) is 5.32 Å². The minimum atomic E-state index is -0.932. The van der Waals surface area contributed by atoms with Crippen LogP contribution in [0.5, 0.6) is 0 Å². The first-order valence-electron chi connectivity index (χ1n) is 8.75. The quantitative estimate of drug-likeness (QED) is 0.311. The van der Waals surface area contributed by atoms with Crippen LogP contribution in [-0.4, -0.2) is 28.2 Å². The second-order valence-corrected chi connectivity index (χ2v) is 7.65. The number of nitrogens with zero attached hydrogens (tertiary/aromatic N) is 1. The Morgan fingerprint density at radius 1 is 1.04 bits per heavy atom. The highest BCUT2D eigenvalue weighted by Gasteiger charge is 2.24. The zero-order chi connectivity index (χ0) is 20.7. The molecule has 3 unspecified atom stereocenters. The largest absolute Gasteiger partial charge is 0.452 e. The Labute approximate surface area is 167 Å². The fraction of sp³-hybridized carbons (Fsp3) is 0.300. The highest BCUT2D eigenvalue weighted by Crippen LogP contribution is 2.26. The minimum Gasteiger partial charge on any atom is -0.452 e. The summed E-state index contributed by atoms with van der Waals surface area (Å²) in [5.74, 6) is -0.907. The van der Waals surface area contributed by atoms with Crippen molar-refractivity contribution in [3.05, 3.63) is 70.3 Å². The maximum atomic E-state index is 12.3. The van der Waals surface area contributed by atoms with Crippen molar-refractivity contribution in [2.75, 3.05) is 0 Å². The molecular weight excluding hydrogens is 380 g/mol. The number of amides is 1. The number of ether oxygens (including phenoxy) is 1. The van der Waals surface area contributed by atoms with Crippen LogP contribution in [-0.2, 0) is 14.3 Å². The molecule has 2 aromatic carbocycles.